The molecule has 3 aromatic carbocycles. The van der Waals surface area contributed by atoms with Crippen LogP contribution >= 0.6 is 11.6 Å². The fourth-order valence-corrected chi connectivity index (χ4v) is 5.94. The number of benzene rings is 3. The van der Waals surface area contributed by atoms with E-state index >= 15 is 0 Å². The van der Waals surface area contributed by atoms with Crippen LogP contribution in [0.5, 0.6) is 0 Å². The lowest BCUT2D eigenvalue weighted by atomic mass is 9.86. The largest absolute Gasteiger partial charge is 0.408 e. The molecule has 2 aromatic heterocycles. The average Bonchev–Trinajstić information content (AvgIpc) is 3.23. The molecule has 0 aliphatic rings. The van der Waals surface area contributed by atoms with Gasteiger partial charge in [-0.05, 0) is 59.4 Å². The summed E-state index contributed by atoms with van der Waals surface area (Å²) in [6.45, 7) is 4.19. The molecule has 0 spiro atoms. The highest BCUT2D eigenvalue weighted by Crippen LogP contribution is 2.37. The van der Waals surface area contributed by atoms with Gasteiger partial charge in [-0.25, -0.2) is 22.2 Å². The standard InChI is InChI=1S/C30H28ClF5N6O3S/c1-29(2,3)16-5-6-19-22(12-16)38-27(21(37)11-15-9-17(32)13-18(33)10-15)42(28(19)43)23-8-7-20(31)24-25(23)41(14-30(34,35)36)39-26(24)40-46(4,44)45/h5-10,12-13,21H,11,14,37H2,1-4H3,(H,39,40)/t21-/m0/s1. The van der Waals surface area contributed by atoms with Crippen molar-refractivity contribution in [1.29, 1.82) is 0 Å². The number of rotatable bonds is 7. The van der Waals surface area contributed by atoms with Gasteiger partial charge in [-0.15, -0.1) is 0 Å². The predicted molar refractivity (Wildman–Crippen MR) is 166 cm³/mol. The van der Waals surface area contributed by atoms with Crippen LogP contribution in [0, 0.1) is 11.6 Å². The van der Waals surface area contributed by atoms with Crippen LogP contribution in [-0.2, 0) is 28.4 Å². The first-order chi connectivity index (χ1) is 21.2. The van der Waals surface area contributed by atoms with Gasteiger partial charge in [0.2, 0.25) is 10.0 Å². The van der Waals surface area contributed by atoms with Crippen LogP contribution < -0.4 is 16.0 Å². The number of anilines is 1. The van der Waals surface area contributed by atoms with E-state index in [2.05, 4.69) is 14.8 Å². The maximum Gasteiger partial charge on any atom is 0.408 e. The number of halogens is 6. The highest BCUT2D eigenvalue weighted by Gasteiger charge is 2.33. The third-order valence-corrected chi connectivity index (χ3v) is 8.02. The summed E-state index contributed by atoms with van der Waals surface area (Å²) < 4.78 is 97.3. The van der Waals surface area contributed by atoms with Crippen LogP contribution in [0.4, 0.5) is 27.8 Å². The van der Waals surface area contributed by atoms with Crippen LogP contribution in [0.3, 0.4) is 0 Å². The first kappa shape index (κ1) is 33.3. The zero-order chi connectivity index (χ0) is 33.9. The number of nitrogens with one attached hydrogen (secondary N) is 1. The summed E-state index contributed by atoms with van der Waals surface area (Å²) in [5.41, 5.74) is 6.17. The summed E-state index contributed by atoms with van der Waals surface area (Å²) in [6, 6.07) is 9.08. The molecule has 244 valence electrons. The first-order valence-electron chi connectivity index (χ1n) is 13.7. The van der Waals surface area contributed by atoms with Crippen molar-refractivity contribution >= 4 is 49.2 Å². The molecular formula is C30H28ClF5N6O3S. The molecule has 0 saturated heterocycles. The van der Waals surface area contributed by atoms with Crippen LogP contribution in [0.15, 0.2) is 53.3 Å². The third kappa shape index (κ3) is 6.86. The Balaban J connectivity index is 1.87. The molecule has 0 unspecified atom stereocenters. The Labute approximate surface area is 264 Å². The predicted octanol–water partition coefficient (Wildman–Crippen LogP) is 6.14. The number of alkyl halides is 3. The number of sulfonamides is 1. The smallest absolute Gasteiger partial charge is 0.321 e. The topological polar surface area (TPSA) is 125 Å². The van der Waals surface area contributed by atoms with Gasteiger partial charge in [-0.1, -0.05) is 38.4 Å². The summed E-state index contributed by atoms with van der Waals surface area (Å²) in [5.74, 6) is -2.36. The lowest BCUT2D eigenvalue weighted by Gasteiger charge is -2.22. The van der Waals surface area contributed by atoms with Crippen molar-refractivity contribution in [1.82, 2.24) is 19.3 Å². The van der Waals surface area contributed by atoms with Gasteiger partial charge >= 0.3 is 6.18 Å². The number of nitrogens with two attached hydrogens (primary N) is 1. The Morgan fingerprint density at radius 1 is 1.02 bits per heavy atom. The maximum atomic E-state index is 14.3. The average molecular weight is 683 g/mol. The normalized spacial score (nSPS) is 13.5. The van der Waals surface area contributed by atoms with Crippen molar-refractivity contribution in [3.63, 3.8) is 0 Å². The minimum Gasteiger partial charge on any atom is -0.321 e. The number of hydrogen-bond acceptors (Lipinski definition) is 6. The lowest BCUT2D eigenvalue weighted by Crippen LogP contribution is -2.30. The van der Waals surface area contributed by atoms with E-state index in [0.29, 0.717) is 10.7 Å². The minimum absolute atomic E-state index is 0.0974. The first-order valence-corrected chi connectivity index (χ1v) is 16.0. The van der Waals surface area contributed by atoms with Crippen molar-refractivity contribution in [3.8, 4) is 5.69 Å². The Kier molecular flexibility index (Phi) is 8.41. The van der Waals surface area contributed by atoms with Gasteiger partial charge in [0, 0.05) is 6.07 Å². The molecule has 5 aromatic rings. The van der Waals surface area contributed by atoms with E-state index in [1.165, 1.54) is 18.2 Å². The molecule has 2 heterocycles. The van der Waals surface area contributed by atoms with E-state index in [0.717, 1.165) is 28.5 Å². The van der Waals surface area contributed by atoms with E-state index < -0.39 is 51.8 Å². The van der Waals surface area contributed by atoms with Crippen LogP contribution in [0.2, 0.25) is 5.02 Å². The second-order valence-corrected chi connectivity index (χ2v) is 14.1. The molecule has 0 fully saturated rings. The van der Waals surface area contributed by atoms with Gasteiger partial charge in [-0.3, -0.25) is 18.8 Å². The van der Waals surface area contributed by atoms with E-state index in [9.17, 15) is 35.2 Å². The van der Waals surface area contributed by atoms with Gasteiger partial charge in [-0.2, -0.15) is 18.3 Å². The summed E-state index contributed by atoms with van der Waals surface area (Å²) in [5, 5.41) is 3.60. The Hall–Kier alpha value is -4.08. The molecule has 0 amide bonds. The molecule has 46 heavy (non-hydrogen) atoms. The second-order valence-electron chi connectivity index (χ2n) is 12.0. The number of hydrogen-bond donors (Lipinski definition) is 2. The van der Waals surface area contributed by atoms with Gasteiger partial charge in [0.25, 0.3) is 5.56 Å². The molecule has 0 radical (unpaired) electrons. The molecule has 1 atom stereocenters. The fraction of sp³-hybridized carbons (Fsp3) is 0.300. The molecule has 0 aliphatic heterocycles. The monoisotopic (exact) mass is 682 g/mol. The van der Waals surface area contributed by atoms with E-state index in [1.807, 2.05) is 20.8 Å². The fourth-order valence-electron chi connectivity index (χ4n) is 5.20. The second kappa shape index (κ2) is 11.6. The zero-order valence-electron chi connectivity index (χ0n) is 24.9. The van der Waals surface area contributed by atoms with Gasteiger partial charge < -0.3 is 5.73 Å². The van der Waals surface area contributed by atoms with Crippen molar-refractivity contribution in [2.24, 2.45) is 5.73 Å². The number of nitrogens with zero attached hydrogens (tertiary/aromatic N) is 4. The Bertz CT molecular complexity index is 2150. The minimum atomic E-state index is -4.82. The quantitative estimate of drug-likeness (QED) is 0.199. The molecule has 0 aliphatic carbocycles. The Morgan fingerprint density at radius 2 is 1.67 bits per heavy atom. The van der Waals surface area contributed by atoms with Crippen LogP contribution in [0.25, 0.3) is 27.5 Å². The van der Waals surface area contributed by atoms with Crippen molar-refractivity contribution < 1.29 is 30.4 Å². The highest BCUT2D eigenvalue weighted by molar-refractivity contribution is 7.92. The molecule has 5 rings (SSSR count). The molecule has 9 nitrogen and oxygen atoms in total. The van der Waals surface area contributed by atoms with Gasteiger partial charge in [0.05, 0.1) is 44.8 Å². The van der Waals surface area contributed by atoms with Gasteiger partial charge in [0.15, 0.2) is 5.82 Å². The van der Waals surface area contributed by atoms with Crippen molar-refractivity contribution in [3.05, 3.63) is 92.5 Å². The highest BCUT2D eigenvalue weighted by atomic mass is 35.5. The molecule has 3 N–H and O–H groups in total. The SMILES string of the molecule is CC(C)(C)c1ccc2c(=O)n(-c3ccc(Cl)c4c(NS(C)(=O)=O)nn(CC(F)(F)F)c34)c([C@@H](N)Cc3cc(F)cc(F)c3)nc2c1. The van der Waals surface area contributed by atoms with E-state index in [1.54, 1.807) is 12.1 Å². The molecular weight excluding hydrogens is 655 g/mol. The lowest BCUT2D eigenvalue weighted by molar-refractivity contribution is -0.141. The zero-order valence-corrected chi connectivity index (χ0v) is 26.4. The van der Waals surface area contributed by atoms with Crippen LogP contribution in [0.1, 0.15) is 43.8 Å². The van der Waals surface area contributed by atoms with E-state index in [4.69, 9.17) is 17.3 Å². The molecule has 0 saturated carbocycles. The number of fused-ring (bicyclic) bond motifs is 2. The summed E-state index contributed by atoms with van der Waals surface area (Å²) >= 11 is 6.40. The van der Waals surface area contributed by atoms with Gasteiger partial charge in [0.1, 0.15) is 24.0 Å². The summed E-state index contributed by atoms with van der Waals surface area (Å²) in [6.07, 6.45) is -4.25. The number of aromatic nitrogens is 4. The van der Waals surface area contributed by atoms with E-state index in [-0.39, 0.29) is 55.7 Å². The molecule has 16 heteroatoms. The third-order valence-electron chi connectivity index (χ3n) is 7.14. The van der Waals surface area contributed by atoms with Crippen molar-refractivity contribution in [2.75, 3.05) is 11.0 Å². The van der Waals surface area contributed by atoms with Crippen LogP contribution in [-0.4, -0.2) is 40.2 Å². The summed E-state index contributed by atoms with van der Waals surface area (Å²) in [4.78, 5) is 19.0. The molecule has 0 bridgehead atoms. The summed E-state index contributed by atoms with van der Waals surface area (Å²) in [7, 11) is -4.04. The maximum absolute atomic E-state index is 14.3. The van der Waals surface area contributed by atoms with Crippen molar-refractivity contribution in [2.45, 2.75) is 51.4 Å². The Morgan fingerprint density at radius 3 is 2.26 bits per heavy atom.